The first kappa shape index (κ1) is 15.6. The lowest BCUT2D eigenvalue weighted by Gasteiger charge is -2.11. The van der Waals surface area contributed by atoms with Crippen LogP contribution in [0.3, 0.4) is 0 Å². The molecule has 0 saturated carbocycles. The fraction of sp³-hybridized carbons (Fsp3) is 0.353. The number of aryl methyl sites for hydroxylation is 2. The highest BCUT2D eigenvalue weighted by molar-refractivity contribution is 6.29. The molecule has 0 bridgehead atoms. The Hall–Kier alpha value is -1.74. The van der Waals surface area contributed by atoms with E-state index >= 15 is 0 Å². The van der Waals surface area contributed by atoms with Gasteiger partial charge in [0, 0.05) is 22.0 Å². The zero-order chi connectivity index (χ0) is 15.4. The molecule has 0 aliphatic carbocycles. The fourth-order valence-corrected chi connectivity index (χ4v) is 2.35. The largest absolute Gasteiger partial charge is 0.488 e. The van der Waals surface area contributed by atoms with E-state index in [4.69, 9.17) is 20.8 Å². The van der Waals surface area contributed by atoms with Crippen LogP contribution in [0.2, 0.25) is 0 Å². The first-order chi connectivity index (χ1) is 10.0. The highest BCUT2D eigenvalue weighted by atomic mass is 35.5. The lowest BCUT2D eigenvalue weighted by molar-refractivity contribution is 0.356. The molecular weight excluding hydrogens is 288 g/mol. The molecular formula is C17H19ClO3. The molecule has 0 aliphatic rings. The topological polar surface area (TPSA) is 39.4 Å². The molecule has 3 nitrogen and oxygen atoms in total. The Morgan fingerprint density at radius 1 is 1.43 bits per heavy atom. The minimum atomic E-state index is -0.324. The number of rotatable bonds is 6. The van der Waals surface area contributed by atoms with E-state index in [1.165, 1.54) is 0 Å². The Balaban J connectivity index is 2.49. The molecule has 1 heterocycles. The number of benzene rings is 1. The third-order valence-electron chi connectivity index (χ3n) is 3.38. The summed E-state index contributed by atoms with van der Waals surface area (Å²) in [5.41, 5.74) is 2.10. The van der Waals surface area contributed by atoms with Gasteiger partial charge >= 0.3 is 5.63 Å². The molecule has 2 aromatic rings. The van der Waals surface area contributed by atoms with Crippen molar-refractivity contribution < 1.29 is 9.15 Å². The molecule has 0 aliphatic heterocycles. The van der Waals surface area contributed by atoms with Gasteiger partial charge in [-0.2, -0.15) is 0 Å². The SMILES string of the molecule is C=C(Cl)COc1ccc2c(CCCC)cc(=O)oc2c1C. The number of ether oxygens (including phenoxy) is 1. The van der Waals surface area contributed by atoms with Crippen LogP contribution in [-0.2, 0) is 6.42 Å². The predicted molar refractivity (Wildman–Crippen MR) is 86.3 cm³/mol. The second kappa shape index (κ2) is 6.81. The summed E-state index contributed by atoms with van der Waals surface area (Å²) < 4.78 is 10.9. The molecule has 1 aromatic carbocycles. The van der Waals surface area contributed by atoms with Gasteiger partial charge in [-0.3, -0.25) is 0 Å². The average molecular weight is 307 g/mol. The molecule has 112 valence electrons. The second-order valence-corrected chi connectivity index (χ2v) is 5.60. The minimum absolute atomic E-state index is 0.230. The first-order valence-corrected chi connectivity index (χ1v) is 7.43. The molecule has 0 unspecified atom stereocenters. The summed E-state index contributed by atoms with van der Waals surface area (Å²) in [6.07, 6.45) is 3.00. The van der Waals surface area contributed by atoms with Crippen molar-refractivity contribution >= 4 is 22.6 Å². The van der Waals surface area contributed by atoms with Crippen molar-refractivity contribution in [2.75, 3.05) is 6.61 Å². The maximum Gasteiger partial charge on any atom is 0.336 e. The smallest absolute Gasteiger partial charge is 0.336 e. The van der Waals surface area contributed by atoms with E-state index < -0.39 is 0 Å². The first-order valence-electron chi connectivity index (χ1n) is 7.05. The van der Waals surface area contributed by atoms with Gasteiger partial charge in [0.25, 0.3) is 0 Å². The van der Waals surface area contributed by atoms with Gasteiger partial charge in [0.2, 0.25) is 0 Å². The van der Waals surface area contributed by atoms with Gasteiger partial charge in [0.05, 0.1) is 0 Å². The third-order valence-corrected chi connectivity index (χ3v) is 3.49. The minimum Gasteiger partial charge on any atom is -0.488 e. The maximum absolute atomic E-state index is 11.8. The van der Waals surface area contributed by atoms with E-state index in [-0.39, 0.29) is 12.2 Å². The lowest BCUT2D eigenvalue weighted by Crippen LogP contribution is -2.03. The van der Waals surface area contributed by atoms with Gasteiger partial charge in [-0.05, 0) is 37.5 Å². The average Bonchev–Trinajstić information content (AvgIpc) is 2.44. The maximum atomic E-state index is 11.8. The van der Waals surface area contributed by atoms with Crippen LogP contribution in [0.25, 0.3) is 11.0 Å². The zero-order valence-corrected chi connectivity index (χ0v) is 13.1. The van der Waals surface area contributed by atoms with Crippen molar-refractivity contribution in [1.29, 1.82) is 0 Å². The highest BCUT2D eigenvalue weighted by Gasteiger charge is 2.11. The number of halogens is 1. The van der Waals surface area contributed by atoms with Crippen LogP contribution in [0, 0.1) is 6.92 Å². The number of unbranched alkanes of at least 4 members (excludes halogenated alkanes) is 1. The second-order valence-electron chi connectivity index (χ2n) is 5.07. The van der Waals surface area contributed by atoms with Crippen molar-refractivity contribution in [2.45, 2.75) is 33.1 Å². The van der Waals surface area contributed by atoms with E-state index in [2.05, 4.69) is 13.5 Å². The molecule has 0 atom stereocenters. The molecule has 0 spiro atoms. The van der Waals surface area contributed by atoms with Crippen LogP contribution in [0.5, 0.6) is 5.75 Å². The van der Waals surface area contributed by atoms with Crippen LogP contribution >= 0.6 is 11.6 Å². The third kappa shape index (κ3) is 3.67. The van der Waals surface area contributed by atoms with Crippen molar-refractivity contribution in [3.8, 4) is 5.75 Å². The molecule has 0 amide bonds. The molecule has 0 fully saturated rings. The number of hydrogen-bond donors (Lipinski definition) is 0. The Morgan fingerprint density at radius 3 is 2.86 bits per heavy atom. The fourth-order valence-electron chi connectivity index (χ4n) is 2.29. The molecule has 4 heteroatoms. The summed E-state index contributed by atoms with van der Waals surface area (Å²) >= 11 is 5.71. The normalized spacial score (nSPS) is 10.8. The van der Waals surface area contributed by atoms with E-state index in [1.807, 2.05) is 19.1 Å². The molecule has 0 N–H and O–H groups in total. The summed E-state index contributed by atoms with van der Waals surface area (Å²) in [7, 11) is 0. The molecule has 0 saturated heterocycles. The van der Waals surface area contributed by atoms with Gasteiger partial charge < -0.3 is 9.15 Å². The van der Waals surface area contributed by atoms with Crippen molar-refractivity contribution in [1.82, 2.24) is 0 Å². The molecule has 21 heavy (non-hydrogen) atoms. The summed E-state index contributed by atoms with van der Waals surface area (Å²) in [6.45, 7) is 7.83. The molecule has 0 radical (unpaired) electrons. The highest BCUT2D eigenvalue weighted by Crippen LogP contribution is 2.29. The van der Waals surface area contributed by atoms with E-state index in [0.717, 1.165) is 35.8 Å². The van der Waals surface area contributed by atoms with Crippen molar-refractivity contribution in [3.05, 3.63) is 51.4 Å². The lowest BCUT2D eigenvalue weighted by atomic mass is 10.0. The van der Waals surface area contributed by atoms with Crippen LogP contribution < -0.4 is 10.4 Å². The number of fused-ring (bicyclic) bond motifs is 1. The van der Waals surface area contributed by atoms with Crippen LogP contribution in [0.15, 0.2) is 39.0 Å². The van der Waals surface area contributed by atoms with Gasteiger partial charge in [0.1, 0.15) is 17.9 Å². The van der Waals surface area contributed by atoms with Gasteiger partial charge in [-0.25, -0.2) is 4.79 Å². The van der Waals surface area contributed by atoms with Crippen molar-refractivity contribution in [3.63, 3.8) is 0 Å². The Kier molecular flexibility index (Phi) is 5.07. The summed E-state index contributed by atoms with van der Waals surface area (Å²) in [4.78, 5) is 11.8. The quantitative estimate of drug-likeness (QED) is 0.734. The van der Waals surface area contributed by atoms with Crippen LogP contribution in [0.4, 0.5) is 0 Å². The van der Waals surface area contributed by atoms with E-state index in [9.17, 15) is 4.79 Å². The Bertz CT molecular complexity index is 716. The summed E-state index contributed by atoms with van der Waals surface area (Å²) in [5.74, 6) is 0.653. The van der Waals surface area contributed by atoms with Gasteiger partial charge in [-0.1, -0.05) is 31.5 Å². The Labute approximate surface area is 129 Å². The molecule has 2 rings (SSSR count). The van der Waals surface area contributed by atoms with Crippen LogP contribution in [0.1, 0.15) is 30.9 Å². The number of hydrogen-bond acceptors (Lipinski definition) is 3. The van der Waals surface area contributed by atoms with E-state index in [1.54, 1.807) is 6.07 Å². The van der Waals surface area contributed by atoms with Crippen molar-refractivity contribution in [2.24, 2.45) is 0 Å². The van der Waals surface area contributed by atoms with E-state index in [0.29, 0.717) is 16.4 Å². The molecule has 1 aromatic heterocycles. The monoisotopic (exact) mass is 306 g/mol. The van der Waals surface area contributed by atoms with Crippen LogP contribution in [-0.4, -0.2) is 6.61 Å². The summed E-state index contributed by atoms with van der Waals surface area (Å²) in [6, 6.07) is 5.40. The van der Waals surface area contributed by atoms with Gasteiger partial charge in [0.15, 0.2) is 0 Å². The Morgan fingerprint density at radius 2 is 2.19 bits per heavy atom. The predicted octanol–water partition coefficient (Wildman–Crippen LogP) is 4.58. The summed E-state index contributed by atoms with van der Waals surface area (Å²) in [5, 5.41) is 1.39. The standard InChI is InChI=1S/C17H19ClO3/c1-4-5-6-13-9-16(19)21-17-12(3)15(8-7-14(13)17)20-10-11(2)18/h7-9H,2,4-6,10H2,1,3H3. The zero-order valence-electron chi connectivity index (χ0n) is 12.4. The van der Waals surface area contributed by atoms with Gasteiger partial charge in [-0.15, -0.1) is 0 Å².